The highest BCUT2D eigenvalue weighted by molar-refractivity contribution is 5.90. The standard InChI is InChI=1S/C22H25N5O3/c1-14-11-15(2)27(25-14)22-24-19-10-5-4-9-18(19)21(29)26(22)13-20(28)23-16-7-6-8-17(12-16)30-3/h6-8,11-12H,4-5,9-10,13H2,1-3H3,(H,23,28). The van der Waals surface area contributed by atoms with Crippen molar-refractivity contribution in [1.82, 2.24) is 19.3 Å². The second-order valence-corrected chi connectivity index (χ2v) is 7.55. The molecule has 0 fully saturated rings. The molecule has 1 aliphatic carbocycles. The van der Waals surface area contributed by atoms with Crippen molar-refractivity contribution >= 4 is 11.6 Å². The van der Waals surface area contributed by atoms with Crippen molar-refractivity contribution in [3.63, 3.8) is 0 Å². The minimum absolute atomic E-state index is 0.149. The summed E-state index contributed by atoms with van der Waals surface area (Å²) in [5, 5.41) is 7.33. The van der Waals surface area contributed by atoms with E-state index in [1.165, 1.54) is 4.57 Å². The Balaban J connectivity index is 1.73. The molecular formula is C22H25N5O3. The molecule has 0 atom stereocenters. The molecule has 0 saturated carbocycles. The van der Waals surface area contributed by atoms with Gasteiger partial charge >= 0.3 is 0 Å². The first-order chi connectivity index (χ1) is 14.5. The molecule has 1 aliphatic rings. The topological polar surface area (TPSA) is 91.0 Å². The summed E-state index contributed by atoms with van der Waals surface area (Å²) in [6.45, 7) is 3.65. The van der Waals surface area contributed by atoms with Gasteiger partial charge in [0, 0.05) is 23.0 Å². The van der Waals surface area contributed by atoms with E-state index >= 15 is 0 Å². The van der Waals surface area contributed by atoms with Crippen LogP contribution in [0.15, 0.2) is 35.1 Å². The number of nitrogens with zero attached hydrogens (tertiary/aromatic N) is 4. The van der Waals surface area contributed by atoms with Crippen LogP contribution in [0.1, 0.15) is 35.5 Å². The van der Waals surface area contributed by atoms with E-state index < -0.39 is 0 Å². The second kappa shape index (κ2) is 8.14. The molecule has 3 aromatic rings. The largest absolute Gasteiger partial charge is 0.497 e. The van der Waals surface area contributed by atoms with Gasteiger partial charge in [-0.05, 0) is 57.7 Å². The third kappa shape index (κ3) is 3.85. The monoisotopic (exact) mass is 407 g/mol. The Bertz CT molecular complexity index is 1160. The molecule has 2 heterocycles. The Morgan fingerprint density at radius 3 is 2.73 bits per heavy atom. The second-order valence-electron chi connectivity index (χ2n) is 7.55. The van der Waals surface area contributed by atoms with E-state index in [0.717, 1.165) is 36.3 Å². The number of fused-ring (bicyclic) bond motifs is 1. The number of carbonyl (C=O) groups excluding carboxylic acids is 1. The van der Waals surface area contributed by atoms with Crippen LogP contribution in [0.4, 0.5) is 5.69 Å². The number of hydrogen-bond donors (Lipinski definition) is 1. The number of nitrogens with one attached hydrogen (secondary N) is 1. The fourth-order valence-corrected chi connectivity index (χ4v) is 3.86. The Hall–Kier alpha value is -3.42. The average Bonchev–Trinajstić information content (AvgIpc) is 3.08. The Morgan fingerprint density at radius 2 is 2.00 bits per heavy atom. The number of hydrogen-bond acceptors (Lipinski definition) is 5. The number of aromatic nitrogens is 4. The molecule has 0 unspecified atom stereocenters. The Kier molecular flexibility index (Phi) is 5.39. The smallest absolute Gasteiger partial charge is 0.258 e. The highest BCUT2D eigenvalue weighted by atomic mass is 16.5. The summed E-state index contributed by atoms with van der Waals surface area (Å²) in [4.78, 5) is 30.9. The molecule has 8 nitrogen and oxygen atoms in total. The number of rotatable bonds is 5. The molecule has 8 heteroatoms. The third-order valence-electron chi connectivity index (χ3n) is 5.27. The van der Waals surface area contributed by atoms with Crippen LogP contribution in [-0.2, 0) is 24.2 Å². The zero-order chi connectivity index (χ0) is 21.3. The first kappa shape index (κ1) is 19.9. The van der Waals surface area contributed by atoms with Gasteiger partial charge in [-0.3, -0.25) is 14.2 Å². The van der Waals surface area contributed by atoms with Crippen molar-refractivity contribution in [3.8, 4) is 11.7 Å². The number of carbonyl (C=O) groups is 1. The average molecular weight is 407 g/mol. The highest BCUT2D eigenvalue weighted by Gasteiger charge is 2.22. The van der Waals surface area contributed by atoms with Crippen LogP contribution in [0.25, 0.3) is 5.95 Å². The van der Waals surface area contributed by atoms with Crippen molar-refractivity contribution in [2.75, 3.05) is 12.4 Å². The summed E-state index contributed by atoms with van der Waals surface area (Å²) < 4.78 is 8.27. The number of anilines is 1. The predicted molar refractivity (Wildman–Crippen MR) is 113 cm³/mol. The fraction of sp³-hybridized carbons (Fsp3) is 0.364. The van der Waals surface area contributed by atoms with Crippen LogP contribution in [0.5, 0.6) is 5.75 Å². The summed E-state index contributed by atoms with van der Waals surface area (Å²) in [7, 11) is 1.57. The summed E-state index contributed by atoms with van der Waals surface area (Å²) >= 11 is 0. The van der Waals surface area contributed by atoms with Crippen molar-refractivity contribution in [3.05, 3.63) is 63.3 Å². The van der Waals surface area contributed by atoms with Gasteiger partial charge in [0.1, 0.15) is 12.3 Å². The van der Waals surface area contributed by atoms with Crippen molar-refractivity contribution in [1.29, 1.82) is 0 Å². The van der Waals surface area contributed by atoms with Gasteiger partial charge in [-0.2, -0.15) is 5.10 Å². The minimum atomic E-state index is -0.314. The molecule has 1 N–H and O–H groups in total. The normalized spacial score (nSPS) is 13.0. The minimum Gasteiger partial charge on any atom is -0.497 e. The Morgan fingerprint density at radius 1 is 1.20 bits per heavy atom. The molecule has 4 rings (SSSR count). The number of amides is 1. The van der Waals surface area contributed by atoms with E-state index in [2.05, 4.69) is 10.4 Å². The van der Waals surface area contributed by atoms with E-state index in [-0.39, 0.29) is 18.0 Å². The molecule has 1 aromatic carbocycles. The van der Waals surface area contributed by atoms with Gasteiger partial charge in [0.2, 0.25) is 11.9 Å². The zero-order valence-electron chi connectivity index (χ0n) is 17.4. The summed E-state index contributed by atoms with van der Waals surface area (Å²) in [6.07, 6.45) is 3.43. The van der Waals surface area contributed by atoms with E-state index in [1.54, 1.807) is 36.1 Å². The lowest BCUT2D eigenvalue weighted by Crippen LogP contribution is -2.35. The number of ether oxygens (including phenoxy) is 1. The molecule has 2 aromatic heterocycles. The van der Waals surface area contributed by atoms with Gasteiger partial charge < -0.3 is 10.1 Å². The lowest BCUT2D eigenvalue weighted by Gasteiger charge is -2.20. The molecule has 0 radical (unpaired) electrons. The fourth-order valence-electron chi connectivity index (χ4n) is 3.86. The lowest BCUT2D eigenvalue weighted by molar-refractivity contribution is -0.116. The zero-order valence-corrected chi connectivity index (χ0v) is 17.4. The quantitative estimate of drug-likeness (QED) is 0.702. The van der Waals surface area contributed by atoms with Gasteiger partial charge in [0.15, 0.2) is 0 Å². The highest BCUT2D eigenvalue weighted by Crippen LogP contribution is 2.20. The van der Waals surface area contributed by atoms with Crippen molar-refractivity contribution in [2.24, 2.45) is 0 Å². The van der Waals surface area contributed by atoms with Crippen molar-refractivity contribution < 1.29 is 9.53 Å². The maximum absolute atomic E-state index is 13.3. The lowest BCUT2D eigenvalue weighted by atomic mass is 9.97. The van der Waals surface area contributed by atoms with Gasteiger partial charge in [-0.15, -0.1) is 0 Å². The summed E-state index contributed by atoms with van der Waals surface area (Å²) in [5.41, 5.74) is 3.65. The maximum Gasteiger partial charge on any atom is 0.258 e. The maximum atomic E-state index is 13.3. The van der Waals surface area contributed by atoms with Gasteiger partial charge in [-0.1, -0.05) is 6.07 Å². The molecule has 0 bridgehead atoms. The van der Waals surface area contributed by atoms with Gasteiger partial charge in [0.25, 0.3) is 5.56 Å². The van der Waals surface area contributed by atoms with Crippen molar-refractivity contribution in [2.45, 2.75) is 46.1 Å². The summed E-state index contributed by atoms with van der Waals surface area (Å²) in [6, 6.07) is 9.02. The van der Waals surface area contributed by atoms with Gasteiger partial charge in [0.05, 0.1) is 18.5 Å². The SMILES string of the molecule is COc1cccc(NC(=O)Cn2c(-n3nc(C)cc3C)nc3c(c2=O)CCCC3)c1. The first-order valence-corrected chi connectivity index (χ1v) is 10.1. The molecule has 0 aliphatic heterocycles. The van der Waals surface area contributed by atoms with Crippen LogP contribution in [0, 0.1) is 13.8 Å². The first-order valence-electron chi connectivity index (χ1n) is 10.1. The van der Waals surface area contributed by atoms with Crippen LogP contribution in [0.3, 0.4) is 0 Å². The van der Waals surface area contributed by atoms with E-state index in [9.17, 15) is 9.59 Å². The number of methoxy groups -OCH3 is 1. The molecule has 30 heavy (non-hydrogen) atoms. The number of aryl methyl sites for hydroxylation is 3. The predicted octanol–water partition coefficient (Wildman–Crippen LogP) is 2.57. The van der Waals surface area contributed by atoms with Crippen LogP contribution >= 0.6 is 0 Å². The van der Waals surface area contributed by atoms with E-state index in [4.69, 9.17) is 9.72 Å². The molecule has 156 valence electrons. The van der Waals surface area contributed by atoms with Crippen LogP contribution < -0.4 is 15.6 Å². The molecule has 0 spiro atoms. The van der Waals surface area contributed by atoms with Crippen LogP contribution in [-0.4, -0.2) is 32.3 Å². The summed E-state index contributed by atoms with van der Waals surface area (Å²) in [5.74, 6) is 0.710. The molecule has 1 amide bonds. The molecular weight excluding hydrogens is 382 g/mol. The Labute approximate surface area is 174 Å². The van der Waals surface area contributed by atoms with E-state index in [0.29, 0.717) is 29.4 Å². The molecule has 0 saturated heterocycles. The third-order valence-corrected chi connectivity index (χ3v) is 5.27. The van der Waals surface area contributed by atoms with Gasteiger partial charge in [-0.25, -0.2) is 9.67 Å². The van der Waals surface area contributed by atoms with Crippen LogP contribution in [0.2, 0.25) is 0 Å². The number of benzene rings is 1. The van der Waals surface area contributed by atoms with E-state index in [1.807, 2.05) is 19.9 Å².